The van der Waals surface area contributed by atoms with Crippen molar-refractivity contribution >= 4 is 24.0 Å². The summed E-state index contributed by atoms with van der Waals surface area (Å²) in [7, 11) is 1.55. The van der Waals surface area contributed by atoms with Gasteiger partial charge in [-0.2, -0.15) is 0 Å². The van der Waals surface area contributed by atoms with Crippen LogP contribution in [0, 0.1) is 0 Å². The number of rotatable bonds is 13. The molecule has 0 aliphatic carbocycles. The quantitative estimate of drug-likeness (QED) is 0.181. The summed E-state index contributed by atoms with van der Waals surface area (Å²) >= 11 is 0. The maximum absolute atomic E-state index is 12.3. The molecule has 34 heavy (non-hydrogen) atoms. The van der Waals surface area contributed by atoms with E-state index in [-0.39, 0.29) is 0 Å². The molecule has 0 atom stereocenters. The highest BCUT2D eigenvalue weighted by molar-refractivity contribution is 5.92. The smallest absolute Gasteiger partial charge is 0.343 e. The minimum absolute atomic E-state index is 0.302. The second-order valence-corrected chi connectivity index (χ2v) is 7.74. The third kappa shape index (κ3) is 8.94. The van der Waals surface area contributed by atoms with Crippen molar-refractivity contribution in [2.24, 2.45) is 0 Å². The Morgan fingerprint density at radius 3 is 2.12 bits per heavy atom. The van der Waals surface area contributed by atoms with Crippen LogP contribution in [0.3, 0.4) is 0 Å². The van der Waals surface area contributed by atoms with Crippen LogP contribution in [0.15, 0.2) is 66.3 Å². The van der Waals surface area contributed by atoms with Gasteiger partial charge in [0, 0.05) is 11.1 Å². The predicted molar refractivity (Wildman–Crippen MR) is 129 cm³/mol. The number of ether oxygens (including phenoxy) is 3. The van der Waals surface area contributed by atoms with Crippen molar-refractivity contribution in [3.05, 3.63) is 77.4 Å². The van der Waals surface area contributed by atoms with Crippen LogP contribution in [-0.2, 0) is 14.3 Å². The Hall–Kier alpha value is -3.87. The zero-order chi connectivity index (χ0) is 24.9. The molecule has 2 rings (SSSR count). The van der Waals surface area contributed by atoms with E-state index in [0.29, 0.717) is 53.2 Å². The molecule has 0 aromatic heterocycles. The number of hydrogen-bond donors (Lipinski definition) is 1. The second-order valence-electron chi connectivity index (χ2n) is 7.74. The summed E-state index contributed by atoms with van der Waals surface area (Å²) in [5.74, 6) is -0.845. The van der Waals surface area contributed by atoms with E-state index < -0.39 is 17.9 Å². The third-order valence-electron chi connectivity index (χ3n) is 4.95. The maximum Gasteiger partial charge on any atom is 0.343 e. The predicted octanol–water partition coefficient (Wildman–Crippen LogP) is 5.45. The van der Waals surface area contributed by atoms with E-state index >= 15 is 0 Å². The van der Waals surface area contributed by atoms with Gasteiger partial charge in [0.25, 0.3) is 0 Å². The molecule has 2 aromatic carbocycles. The van der Waals surface area contributed by atoms with Crippen molar-refractivity contribution in [1.29, 1.82) is 0 Å². The lowest BCUT2D eigenvalue weighted by molar-refractivity contribution is -0.139. The van der Waals surface area contributed by atoms with Crippen molar-refractivity contribution in [2.75, 3.05) is 13.7 Å². The molecule has 0 spiro atoms. The Labute approximate surface area is 199 Å². The number of benzene rings is 2. The summed E-state index contributed by atoms with van der Waals surface area (Å²) in [6.07, 6.45) is 5.15. The van der Waals surface area contributed by atoms with Gasteiger partial charge in [-0.05, 0) is 74.2 Å². The van der Waals surface area contributed by atoms with Gasteiger partial charge in [0.05, 0.1) is 19.3 Å². The Bertz CT molecular complexity index is 1020. The molecule has 180 valence electrons. The molecule has 0 aliphatic rings. The largest absolute Gasteiger partial charge is 0.497 e. The molecule has 0 aliphatic heterocycles. The maximum atomic E-state index is 12.3. The molecule has 0 bridgehead atoms. The molecule has 0 amide bonds. The summed E-state index contributed by atoms with van der Waals surface area (Å²) in [6, 6.07) is 13.2. The molecule has 0 fully saturated rings. The van der Waals surface area contributed by atoms with Crippen molar-refractivity contribution in [3.63, 3.8) is 0 Å². The van der Waals surface area contributed by atoms with Crippen molar-refractivity contribution in [3.8, 4) is 11.5 Å². The number of methoxy groups -OCH3 is 1. The Kier molecular flexibility index (Phi) is 10.6. The number of carboxylic acids is 1. The monoisotopic (exact) mass is 466 g/mol. The first-order chi connectivity index (χ1) is 16.3. The van der Waals surface area contributed by atoms with Crippen LogP contribution in [-0.4, -0.2) is 36.7 Å². The molecular formula is C27H30O7. The minimum atomic E-state index is -0.967. The van der Waals surface area contributed by atoms with Gasteiger partial charge in [-0.1, -0.05) is 31.6 Å². The Morgan fingerprint density at radius 2 is 1.53 bits per heavy atom. The van der Waals surface area contributed by atoms with Gasteiger partial charge in [0.2, 0.25) is 0 Å². The van der Waals surface area contributed by atoms with Crippen LogP contribution in [0.25, 0.3) is 6.08 Å². The lowest BCUT2D eigenvalue weighted by Gasteiger charge is -2.07. The molecule has 0 unspecified atom stereocenters. The molecule has 0 heterocycles. The topological polar surface area (TPSA) is 99.1 Å². The van der Waals surface area contributed by atoms with E-state index in [4.69, 9.17) is 14.2 Å². The van der Waals surface area contributed by atoms with E-state index in [9.17, 15) is 19.5 Å². The van der Waals surface area contributed by atoms with Gasteiger partial charge in [0.15, 0.2) is 0 Å². The standard InChI is InChI=1S/C27H30O7/c1-19(2)26(30)33-17-7-5-4-6-8-22(25(28)29)18-20-9-13-24(14-10-20)34-27(31)21-11-15-23(32-3)16-12-21/h9-16,18H,1,4-8,17H2,2-3H3,(H,28,29). The Balaban J connectivity index is 1.83. The second kappa shape index (κ2) is 13.6. The summed E-state index contributed by atoms with van der Waals surface area (Å²) in [5, 5.41) is 9.51. The summed E-state index contributed by atoms with van der Waals surface area (Å²) in [6.45, 7) is 5.46. The molecule has 1 N–H and O–H groups in total. The first-order valence-electron chi connectivity index (χ1n) is 11.0. The molecule has 7 nitrogen and oxygen atoms in total. The molecule has 0 radical (unpaired) electrons. The number of carboxylic acid groups (broad SMARTS) is 1. The van der Waals surface area contributed by atoms with Crippen LogP contribution in [0.4, 0.5) is 0 Å². The summed E-state index contributed by atoms with van der Waals surface area (Å²) in [4.78, 5) is 35.2. The average Bonchev–Trinajstić information content (AvgIpc) is 2.83. The first kappa shape index (κ1) is 26.4. The first-order valence-corrected chi connectivity index (χ1v) is 11.0. The lowest BCUT2D eigenvalue weighted by Crippen LogP contribution is -2.08. The van der Waals surface area contributed by atoms with Gasteiger partial charge in [0.1, 0.15) is 11.5 Å². The highest BCUT2D eigenvalue weighted by Crippen LogP contribution is 2.19. The highest BCUT2D eigenvalue weighted by atomic mass is 16.5. The van der Waals surface area contributed by atoms with Crippen molar-refractivity contribution in [1.82, 2.24) is 0 Å². The van der Waals surface area contributed by atoms with Crippen LogP contribution < -0.4 is 9.47 Å². The minimum Gasteiger partial charge on any atom is -0.497 e. The third-order valence-corrected chi connectivity index (χ3v) is 4.95. The zero-order valence-electron chi connectivity index (χ0n) is 19.5. The number of carbonyl (C=O) groups is 3. The fraction of sp³-hybridized carbons (Fsp3) is 0.296. The molecule has 7 heteroatoms. The van der Waals surface area contributed by atoms with Gasteiger partial charge >= 0.3 is 17.9 Å². The highest BCUT2D eigenvalue weighted by Gasteiger charge is 2.10. The van der Waals surface area contributed by atoms with Crippen molar-refractivity contribution < 1.29 is 33.7 Å². The molecule has 2 aromatic rings. The lowest BCUT2D eigenvalue weighted by atomic mass is 10.0. The number of aliphatic carboxylic acids is 1. The van der Waals surface area contributed by atoms with Crippen LogP contribution >= 0.6 is 0 Å². The Morgan fingerprint density at radius 1 is 0.912 bits per heavy atom. The van der Waals surface area contributed by atoms with E-state index in [1.54, 1.807) is 68.6 Å². The van der Waals surface area contributed by atoms with Gasteiger partial charge in [-0.15, -0.1) is 0 Å². The molecule has 0 saturated carbocycles. The van der Waals surface area contributed by atoms with Gasteiger partial charge < -0.3 is 19.3 Å². The molecule has 0 saturated heterocycles. The number of hydrogen-bond acceptors (Lipinski definition) is 6. The van der Waals surface area contributed by atoms with E-state index in [2.05, 4.69) is 6.58 Å². The van der Waals surface area contributed by atoms with Crippen LogP contribution in [0.5, 0.6) is 11.5 Å². The normalized spacial score (nSPS) is 10.9. The number of unbranched alkanes of at least 4 members (excludes halogenated alkanes) is 3. The van der Waals surface area contributed by atoms with Gasteiger partial charge in [-0.3, -0.25) is 0 Å². The summed E-state index contributed by atoms with van der Waals surface area (Å²) < 4.78 is 15.5. The average molecular weight is 467 g/mol. The van der Waals surface area contributed by atoms with E-state index in [0.717, 1.165) is 19.3 Å². The number of esters is 2. The summed E-state index contributed by atoms with van der Waals surface area (Å²) in [5.41, 5.74) is 1.77. The molecular weight excluding hydrogens is 436 g/mol. The SMILES string of the molecule is C=C(C)C(=O)OCCCCCCC(=Cc1ccc(OC(=O)c2ccc(OC)cc2)cc1)C(=O)O. The zero-order valence-corrected chi connectivity index (χ0v) is 19.5. The number of carbonyl (C=O) groups excluding carboxylic acids is 2. The van der Waals surface area contributed by atoms with Crippen LogP contribution in [0.2, 0.25) is 0 Å². The fourth-order valence-corrected chi connectivity index (χ4v) is 3.03. The van der Waals surface area contributed by atoms with E-state index in [1.165, 1.54) is 0 Å². The fourth-order valence-electron chi connectivity index (χ4n) is 3.03. The van der Waals surface area contributed by atoms with E-state index in [1.807, 2.05) is 0 Å². The van der Waals surface area contributed by atoms with Crippen LogP contribution in [0.1, 0.15) is 54.9 Å². The van der Waals surface area contributed by atoms with Gasteiger partial charge in [-0.25, -0.2) is 14.4 Å². The van der Waals surface area contributed by atoms with Crippen molar-refractivity contribution in [2.45, 2.75) is 39.0 Å².